The molecule has 0 aliphatic carbocycles. The summed E-state index contributed by atoms with van der Waals surface area (Å²) in [4.78, 5) is 56.5. The molecule has 0 aromatic heterocycles. The Kier molecular flexibility index (Phi) is 10.6. The van der Waals surface area contributed by atoms with Gasteiger partial charge in [-0.25, -0.2) is 10.3 Å². The summed E-state index contributed by atoms with van der Waals surface area (Å²) in [6.07, 6.45) is 3.89. The zero-order chi connectivity index (χ0) is 26.6. The predicted molar refractivity (Wildman–Crippen MR) is 137 cm³/mol. The molecule has 0 saturated heterocycles. The number of hydrogen-bond acceptors (Lipinski definition) is 5. The molecule has 0 spiro atoms. The van der Waals surface area contributed by atoms with E-state index in [4.69, 9.17) is 4.84 Å². The van der Waals surface area contributed by atoms with Crippen LogP contribution in [0.4, 0.5) is 0 Å². The summed E-state index contributed by atoms with van der Waals surface area (Å²) in [5, 5.41) is 12.4. The van der Waals surface area contributed by atoms with E-state index in [2.05, 4.69) is 10.8 Å². The number of unbranched alkanes of at least 4 members (excludes halogenated alkanes) is 3. The van der Waals surface area contributed by atoms with Gasteiger partial charge < -0.3 is 15.3 Å². The van der Waals surface area contributed by atoms with E-state index in [0.29, 0.717) is 44.4 Å². The number of benzene rings is 2. The van der Waals surface area contributed by atoms with Gasteiger partial charge in [0.2, 0.25) is 17.7 Å². The highest BCUT2D eigenvalue weighted by Gasteiger charge is 2.36. The number of carbonyl (C=O) groups excluding carboxylic acids is 3. The van der Waals surface area contributed by atoms with Gasteiger partial charge in [-0.2, -0.15) is 0 Å². The highest BCUT2D eigenvalue weighted by molar-refractivity contribution is 5.91. The molecule has 2 atom stereocenters. The molecule has 0 fully saturated rings. The molecule has 3 rings (SSSR count). The molecular weight excluding hydrogens is 474 g/mol. The average molecular weight is 510 g/mol. The van der Waals surface area contributed by atoms with Crippen molar-refractivity contribution < 1.29 is 29.1 Å². The molecule has 0 unspecified atom stereocenters. The van der Waals surface area contributed by atoms with Crippen LogP contribution in [-0.2, 0) is 37.0 Å². The number of carboxylic acid groups (broad SMARTS) is 1. The highest BCUT2D eigenvalue weighted by atomic mass is 16.6. The molecule has 1 aliphatic rings. The highest BCUT2D eigenvalue weighted by Crippen LogP contribution is 2.26. The first kappa shape index (κ1) is 27.9. The van der Waals surface area contributed by atoms with Crippen molar-refractivity contribution in [3.8, 4) is 0 Å². The number of nitrogens with zero attached hydrogens (tertiary/aromatic N) is 1. The maximum absolute atomic E-state index is 13.3. The molecule has 3 amide bonds. The number of amides is 3. The Hall–Kier alpha value is -3.72. The lowest BCUT2D eigenvalue weighted by Crippen LogP contribution is -2.53. The number of aliphatic carboxylic acids is 1. The van der Waals surface area contributed by atoms with Crippen molar-refractivity contribution in [2.24, 2.45) is 0 Å². The van der Waals surface area contributed by atoms with Crippen molar-refractivity contribution in [1.82, 2.24) is 15.7 Å². The molecule has 198 valence electrons. The summed E-state index contributed by atoms with van der Waals surface area (Å²) < 4.78 is 0. The SMILES string of the molecule is CCONC(=O)CCCCCCC(=O)N1Cc2ccccc2C[C@H]1C(=O)N[C@H](C(=O)O)c1ccccc1. The van der Waals surface area contributed by atoms with E-state index >= 15 is 0 Å². The van der Waals surface area contributed by atoms with E-state index in [1.165, 1.54) is 0 Å². The van der Waals surface area contributed by atoms with Gasteiger partial charge in [0.15, 0.2) is 6.04 Å². The predicted octanol–water partition coefficient (Wildman–Crippen LogP) is 3.29. The molecule has 9 nitrogen and oxygen atoms in total. The summed E-state index contributed by atoms with van der Waals surface area (Å²) in [6.45, 7) is 2.50. The molecule has 2 aromatic rings. The van der Waals surface area contributed by atoms with Crippen molar-refractivity contribution in [2.45, 2.75) is 70.5 Å². The molecule has 2 aromatic carbocycles. The van der Waals surface area contributed by atoms with Gasteiger partial charge in [0.05, 0.1) is 6.61 Å². The van der Waals surface area contributed by atoms with Gasteiger partial charge in [0, 0.05) is 25.8 Å². The zero-order valence-electron chi connectivity index (χ0n) is 21.2. The zero-order valence-corrected chi connectivity index (χ0v) is 21.2. The Morgan fingerprint density at radius 3 is 2.27 bits per heavy atom. The molecule has 0 saturated carbocycles. The second-order valence-electron chi connectivity index (χ2n) is 9.07. The number of carboxylic acids is 1. The van der Waals surface area contributed by atoms with Crippen molar-refractivity contribution in [2.75, 3.05) is 6.61 Å². The minimum Gasteiger partial charge on any atom is -0.479 e. The topological polar surface area (TPSA) is 125 Å². The monoisotopic (exact) mass is 509 g/mol. The smallest absolute Gasteiger partial charge is 0.330 e. The lowest BCUT2D eigenvalue weighted by molar-refractivity contribution is -0.145. The van der Waals surface area contributed by atoms with E-state index < -0.39 is 24.0 Å². The Labute approximate surface area is 217 Å². The third-order valence-corrected chi connectivity index (χ3v) is 6.41. The molecule has 9 heteroatoms. The van der Waals surface area contributed by atoms with Crippen LogP contribution in [0.3, 0.4) is 0 Å². The fourth-order valence-electron chi connectivity index (χ4n) is 4.45. The van der Waals surface area contributed by atoms with Gasteiger partial charge in [-0.05, 0) is 36.5 Å². The molecule has 1 aliphatic heterocycles. The molecule has 3 N–H and O–H groups in total. The van der Waals surface area contributed by atoms with Crippen LogP contribution in [0.1, 0.15) is 68.2 Å². The van der Waals surface area contributed by atoms with Crippen molar-refractivity contribution >= 4 is 23.7 Å². The number of carbonyl (C=O) groups is 4. The van der Waals surface area contributed by atoms with Gasteiger partial charge >= 0.3 is 5.97 Å². The largest absolute Gasteiger partial charge is 0.479 e. The van der Waals surface area contributed by atoms with Crippen molar-refractivity contribution in [3.63, 3.8) is 0 Å². The number of hydroxylamine groups is 1. The number of hydrogen-bond donors (Lipinski definition) is 3. The summed E-state index contributed by atoms with van der Waals surface area (Å²) in [7, 11) is 0. The van der Waals surface area contributed by atoms with E-state index in [0.717, 1.165) is 24.0 Å². The Morgan fingerprint density at radius 2 is 1.59 bits per heavy atom. The van der Waals surface area contributed by atoms with Crippen molar-refractivity contribution in [1.29, 1.82) is 0 Å². The summed E-state index contributed by atoms with van der Waals surface area (Å²) in [5.41, 5.74) is 4.79. The molecular formula is C28H35N3O6. The second-order valence-corrected chi connectivity index (χ2v) is 9.07. The third-order valence-electron chi connectivity index (χ3n) is 6.41. The van der Waals surface area contributed by atoms with E-state index in [1.807, 2.05) is 24.3 Å². The van der Waals surface area contributed by atoms with E-state index in [-0.39, 0.29) is 18.2 Å². The number of fused-ring (bicyclic) bond motifs is 1. The quantitative estimate of drug-likeness (QED) is 0.281. The van der Waals surface area contributed by atoms with Crippen molar-refractivity contribution in [3.05, 3.63) is 71.3 Å². The summed E-state index contributed by atoms with van der Waals surface area (Å²) in [6, 6.07) is 14.2. The minimum atomic E-state index is -1.21. The fraction of sp³-hybridized carbons (Fsp3) is 0.429. The number of nitrogens with one attached hydrogen (secondary N) is 2. The molecule has 1 heterocycles. The lowest BCUT2D eigenvalue weighted by Gasteiger charge is -2.36. The van der Waals surface area contributed by atoms with Gasteiger partial charge in [-0.3, -0.25) is 19.2 Å². The van der Waals surface area contributed by atoms with Gasteiger partial charge in [-0.15, -0.1) is 0 Å². The Balaban J connectivity index is 1.61. The normalized spacial score (nSPS) is 15.4. The van der Waals surface area contributed by atoms with Crippen LogP contribution in [0.5, 0.6) is 0 Å². The maximum Gasteiger partial charge on any atom is 0.330 e. The van der Waals surface area contributed by atoms with Gasteiger partial charge in [0.25, 0.3) is 0 Å². The van der Waals surface area contributed by atoms with Crippen LogP contribution in [0.15, 0.2) is 54.6 Å². The molecule has 0 bridgehead atoms. The first-order valence-electron chi connectivity index (χ1n) is 12.8. The second kappa shape index (κ2) is 14.1. The van der Waals surface area contributed by atoms with Crippen LogP contribution in [0.2, 0.25) is 0 Å². The Morgan fingerprint density at radius 1 is 0.946 bits per heavy atom. The van der Waals surface area contributed by atoms with E-state index in [1.54, 1.807) is 42.2 Å². The Bertz CT molecular complexity index is 1070. The fourth-order valence-corrected chi connectivity index (χ4v) is 4.45. The first-order valence-corrected chi connectivity index (χ1v) is 12.8. The van der Waals surface area contributed by atoms with Crippen LogP contribution in [-0.4, -0.2) is 46.3 Å². The lowest BCUT2D eigenvalue weighted by atomic mass is 9.92. The molecule has 0 radical (unpaired) electrons. The van der Waals surface area contributed by atoms with Crippen LogP contribution in [0.25, 0.3) is 0 Å². The van der Waals surface area contributed by atoms with E-state index in [9.17, 15) is 24.3 Å². The van der Waals surface area contributed by atoms with Gasteiger partial charge in [0.1, 0.15) is 6.04 Å². The summed E-state index contributed by atoms with van der Waals surface area (Å²) in [5.74, 6) is -1.95. The number of rotatable bonds is 13. The maximum atomic E-state index is 13.3. The van der Waals surface area contributed by atoms with Gasteiger partial charge in [-0.1, -0.05) is 67.4 Å². The average Bonchev–Trinajstić information content (AvgIpc) is 2.91. The van der Waals surface area contributed by atoms with Crippen LogP contribution < -0.4 is 10.8 Å². The third kappa shape index (κ3) is 8.15. The molecule has 37 heavy (non-hydrogen) atoms. The summed E-state index contributed by atoms with van der Waals surface area (Å²) >= 11 is 0. The first-order chi connectivity index (χ1) is 17.9. The van der Waals surface area contributed by atoms with Crippen LogP contribution in [0, 0.1) is 0 Å². The standard InChI is InChI=1S/C28H35N3O6/c1-2-37-30-24(32)16-8-3-4-9-17-25(33)31-19-22-15-11-10-14-21(22)18-23(31)27(34)29-26(28(35)36)20-12-6-5-7-13-20/h5-7,10-15,23,26H,2-4,8-9,16-19H2,1H3,(H,29,34)(H,30,32)(H,35,36)/t23-,26-/m0/s1. The van der Waals surface area contributed by atoms with Crippen LogP contribution >= 0.6 is 0 Å². The minimum absolute atomic E-state index is 0.143.